The summed E-state index contributed by atoms with van der Waals surface area (Å²) in [4.78, 5) is 7.89. The van der Waals surface area contributed by atoms with Crippen molar-refractivity contribution in [2.45, 2.75) is 13.5 Å². The van der Waals surface area contributed by atoms with E-state index < -0.39 is 0 Å². The average molecular weight is 281 g/mol. The van der Waals surface area contributed by atoms with Gasteiger partial charge in [-0.25, -0.2) is 9.97 Å². The number of benzene rings is 1. The Kier molecular flexibility index (Phi) is 4.19. The topological polar surface area (TPSA) is 64.5 Å². The Morgan fingerprint density at radius 2 is 2.05 bits per heavy atom. The lowest BCUT2D eigenvalue weighted by Gasteiger charge is -2.12. The number of nitrogens with zero attached hydrogens (tertiary/aromatic N) is 2. The molecule has 0 aliphatic carbocycles. The third kappa shape index (κ3) is 2.94. The van der Waals surface area contributed by atoms with E-state index in [4.69, 9.17) is 26.2 Å². The van der Waals surface area contributed by atoms with Crippen LogP contribution in [0.4, 0.5) is 0 Å². The molecule has 1 heterocycles. The fraction of sp³-hybridized carbons (Fsp3) is 0.231. The van der Waals surface area contributed by atoms with Gasteiger partial charge in [0.2, 0.25) is 5.88 Å². The molecule has 0 amide bonds. The SMILES string of the molecule is COc1cc(CO)ccc1Oc1ncnc(Cl)c1C. The molecule has 0 bridgehead atoms. The predicted molar refractivity (Wildman–Crippen MR) is 70.8 cm³/mol. The molecule has 0 radical (unpaired) electrons. The first-order chi connectivity index (χ1) is 9.15. The van der Waals surface area contributed by atoms with E-state index in [1.807, 2.05) is 0 Å². The van der Waals surface area contributed by atoms with E-state index in [2.05, 4.69) is 9.97 Å². The van der Waals surface area contributed by atoms with Crippen LogP contribution in [0, 0.1) is 6.92 Å². The minimum atomic E-state index is -0.0605. The van der Waals surface area contributed by atoms with Crippen molar-refractivity contribution < 1.29 is 14.6 Å². The smallest absolute Gasteiger partial charge is 0.226 e. The molecule has 5 nitrogen and oxygen atoms in total. The summed E-state index contributed by atoms with van der Waals surface area (Å²) in [6.45, 7) is 1.71. The number of ether oxygens (including phenoxy) is 2. The average Bonchev–Trinajstić information content (AvgIpc) is 2.44. The lowest BCUT2D eigenvalue weighted by Crippen LogP contribution is -1.96. The Balaban J connectivity index is 2.35. The van der Waals surface area contributed by atoms with E-state index in [1.54, 1.807) is 25.1 Å². The summed E-state index contributed by atoms with van der Waals surface area (Å²) in [5, 5.41) is 9.43. The van der Waals surface area contributed by atoms with Crippen molar-refractivity contribution in [3.63, 3.8) is 0 Å². The lowest BCUT2D eigenvalue weighted by molar-refractivity contribution is 0.280. The second-order valence-electron chi connectivity index (χ2n) is 3.84. The molecule has 0 fully saturated rings. The van der Waals surface area contributed by atoms with Gasteiger partial charge in [-0.2, -0.15) is 0 Å². The van der Waals surface area contributed by atoms with Gasteiger partial charge in [0.15, 0.2) is 11.5 Å². The fourth-order valence-corrected chi connectivity index (χ4v) is 1.64. The number of aliphatic hydroxyl groups excluding tert-OH is 1. The molecule has 2 aromatic rings. The van der Waals surface area contributed by atoms with Crippen LogP contribution in [-0.4, -0.2) is 22.2 Å². The van der Waals surface area contributed by atoms with Crippen LogP contribution >= 0.6 is 11.6 Å². The largest absolute Gasteiger partial charge is 0.493 e. The van der Waals surface area contributed by atoms with Gasteiger partial charge in [-0.1, -0.05) is 17.7 Å². The Morgan fingerprint density at radius 1 is 1.26 bits per heavy atom. The van der Waals surface area contributed by atoms with Crippen LogP contribution < -0.4 is 9.47 Å². The second-order valence-corrected chi connectivity index (χ2v) is 4.20. The maximum atomic E-state index is 9.08. The fourth-order valence-electron chi connectivity index (χ4n) is 1.52. The molecule has 0 saturated heterocycles. The van der Waals surface area contributed by atoms with Gasteiger partial charge in [-0.3, -0.25) is 0 Å². The van der Waals surface area contributed by atoms with Crippen LogP contribution in [0.1, 0.15) is 11.1 Å². The van der Waals surface area contributed by atoms with Crippen molar-refractivity contribution in [3.8, 4) is 17.4 Å². The van der Waals surface area contributed by atoms with Gasteiger partial charge in [0.05, 0.1) is 13.7 Å². The highest BCUT2D eigenvalue weighted by Crippen LogP contribution is 2.33. The quantitative estimate of drug-likeness (QED) is 0.873. The zero-order chi connectivity index (χ0) is 13.8. The van der Waals surface area contributed by atoms with E-state index in [9.17, 15) is 0 Å². The predicted octanol–water partition coefficient (Wildman–Crippen LogP) is 2.73. The Hall–Kier alpha value is -1.85. The number of rotatable bonds is 4. The normalized spacial score (nSPS) is 10.3. The van der Waals surface area contributed by atoms with Gasteiger partial charge in [0, 0.05) is 5.56 Å². The van der Waals surface area contributed by atoms with Crippen LogP contribution in [0.5, 0.6) is 17.4 Å². The van der Waals surface area contributed by atoms with Crippen molar-refractivity contribution in [3.05, 3.63) is 40.8 Å². The molecule has 1 aromatic heterocycles. The highest BCUT2D eigenvalue weighted by molar-refractivity contribution is 6.30. The number of methoxy groups -OCH3 is 1. The summed E-state index contributed by atoms with van der Waals surface area (Å²) >= 11 is 5.91. The molecule has 19 heavy (non-hydrogen) atoms. The molecule has 0 spiro atoms. The summed E-state index contributed by atoms with van der Waals surface area (Å²) in [5.41, 5.74) is 1.39. The van der Waals surface area contributed by atoms with Crippen molar-refractivity contribution >= 4 is 11.6 Å². The number of hydrogen-bond donors (Lipinski definition) is 1. The Labute approximate surface area is 115 Å². The molecular formula is C13H13ClN2O3. The molecule has 1 aromatic carbocycles. The summed E-state index contributed by atoms with van der Waals surface area (Å²) in [6.07, 6.45) is 1.33. The molecule has 0 aliphatic rings. The van der Waals surface area contributed by atoms with Gasteiger partial charge in [0.1, 0.15) is 11.5 Å². The summed E-state index contributed by atoms with van der Waals surface area (Å²) < 4.78 is 10.9. The van der Waals surface area contributed by atoms with Crippen molar-refractivity contribution in [1.29, 1.82) is 0 Å². The minimum Gasteiger partial charge on any atom is -0.493 e. The van der Waals surface area contributed by atoms with Crippen LogP contribution in [0.15, 0.2) is 24.5 Å². The standard InChI is InChI=1S/C13H13ClN2O3/c1-8-12(14)15-7-16-13(8)19-10-4-3-9(6-17)5-11(10)18-2/h3-5,7,17H,6H2,1-2H3. The van der Waals surface area contributed by atoms with Gasteiger partial charge in [-0.15, -0.1) is 0 Å². The van der Waals surface area contributed by atoms with E-state index in [0.29, 0.717) is 28.1 Å². The Morgan fingerprint density at radius 3 is 2.74 bits per heavy atom. The third-order valence-electron chi connectivity index (χ3n) is 2.59. The Bertz CT molecular complexity index is 590. The molecule has 2 rings (SSSR count). The zero-order valence-corrected chi connectivity index (χ0v) is 11.3. The summed E-state index contributed by atoms with van der Waals surface area (Å²) in [5.74, 6) is 1.38. The lowest BCUT2D eigenvalue weighted by atomic mass is 10.2. The molecule has 1 N–H and O–H groups in total. The van der Waals surface area contributed by atoms with E-state index >= 15 is 0 Å². The number of aliphatic hydroxyl groups is 1. The van der Waals surface area contributed by atoms with Crippen molar-refractivity contribution in [2.24, 2.45) is 0 Å². The molecule has 0 atom stereocenters. The van der Waals surface area contributed by atoms with Crippen LogP contribution in [0.3, 0.4) is 0 Å². The van der Waals surface area contributed by atoms with Crippen LogP contribution in [0.2, 0.25) is 5.15 Å². The monoisotopic (exact) mass is 280 g/mol. The zero-order valence-electron chi connectivity index (χ0n) is 10.6. The van der Waals surface area contributed by atoms with E-state index in [-0.39, 0.29) is 6.61 Å². The first kappa shape index (κ1) is 13.6. The van der Waals surface area contributed by atoms with Crippen molar-refractivity contribution in [1.82, 2.24) is 9.97 Å². The first-order valence-electron chi connectivity index (χ1n) is 5.58. The minimum absolute atomic E-state index is 0.0605. The first-order valence-corrected chi connectivity index (χ1v) is 5.96. The highest BCUT2D eigenvalue weighted by atomic mass is 35.5. The number of halogens is 1. The molecule has 0 saturated carbocycles. The van der Waals surface area contributed by atoms with Crippen molar-refractivity contribution in [2.75, 3.05) is 7.11 Å². The number of aromatic nitrogens is 2. The van der Waals surface area contributed by atoms with E-state index in [1.165, 1.54) is 13.4 Å². The maximum absolute atomic E-state index is 9.08. The number of hydrogen-bond acceptors (Lipinski definition) is 5. The van der Waals surface area contributed by atoms with Gasteiger partial charge in [0.25, 0.3) is 0 Å². The summed E-state index contributed by atoms with van der Waals surface area (Å²) in [6, 6.07) is 5.16. The van der Waals surface area contributed by atoms with Gasteiger partial charge < -0.3 is 14.6 Å². The second kappa shape index (κ2) is 5.86. The van der Waals surface area contributed by atoms with Crippen LogP contribution in [-0.2, 0) is 6.61 Å². The molecular weight excluding hydrogens is 268 g/mol. The molecule has 0 aliphatic heterocycles. The highest BCUT2D eigenvalue weighted by Gasteiger charge is 2.11. The summed E-state index contributed by atoms with van der Waals surface area (Å²) in [7, 11) is 1.53. The molecule has 6 heteroatoms. The maximum Gasteiger partial charge on any atom is 0.226 e. The molecule has 0 unspecified atom stereocenters. The van der Waals surface area contributed by atoms with Crippen LogP contribution in [0.25, 0.3) is 0 Å². The van der Waals surface area contributed by atoms with Gasteiger partial charge >= 0.3 is 0 Å². The van der Waals surface area contributed by atoms with E-state index in [0.717, 1.165) is 5.56 Å². The third-order valence-corrected chi connectivity index (χ3v) is 2.97. The molecule has 100 valence electrons. The van der Waals surface area contributed by atoms with Gasteiger partial charge in [-0.05, 0) is 24.6 Å².